The lowest BCUT2D eigenvalue weighted by Gasteiger charge is -2.18. The first-order chi connectivity index (χ1) is 6.63. The van der Waals surface area contributed by atoms with Gasteiger partial charge in [-0.2, -0.15) is 0 Å². The van der Waals surface area contributed by atoms with Gasteiger partial charge in [-0.1, -0.05) is 13.8 Å². The van der Waals surface area contributed by atoms with Crippen LogP contribution in [0.4, 0.5) is 0 Å². The highest BCUT2D eigenvalue weighted by Gasteiger charge is 2.23. The Bertz CT molecular complexity index is 196. The molecule has 1 heterocycles. The quantitative estimate of drug-likeness (QED) is 0.634. The molecule has 1 rings (SSSR count). The molecule has 0 saturated carbocycles. The van der Waals surface area contributed by atoms with Gasteiger partial charge in [-0.25, -0.2) is 0 Å². The highest BCUT2D eigenvalue weighted by Crippen LogP contribution is 2.15. The summed E-state index contributed by atoms with van der Waals surface area (Å²) in [6, 6.07) is -0.630. The fourth-order valence-electron chi connectivity index (χ4n) is 1.53. The van der Waals surface area contributed by atoms with E-state index in [1.54, 1.807) is 0 Å². The molecule has 0 bridgehead atoms. The smallest absolute Gasteiger partial charge is 0.325 e. The monoisotopic (exact) mass is 201 g/mol. The van der Waals surface area contributed by atoms with Gasteiger partial charge in [-0.3, -0.25) is 4.79 Å². The first kappa shape index (κ1) is 11.5. The third-order valence-corrected chi connectivity index (χ3v) is 2.41. The van der Waals surface area contributed by atoms with Gasteiger partial charge < -0.3 is 15.2 Å². The second-order valence-electron chi connectivity index (χ2n) is 3.95. The molecule has 3 atom stereocenters. The number of nitrogens with two attached hydrogens (primary N) is 1. The minimum atomic E-state index is -0.630. The third-order valence-electron chi connectivity index (χ3n) is 2.41. The van der Waals surface area contributed by atoms with E-state index in [1.165, 1.54) is 0 Å². The van der Waals surface area contributed by atoms with Crippen LogP contribution in [0.15, 0.2) is 0 Å². The van der Waals surface area contributed by atoms with Crippen LogP contribution in [0.1, 0.15) is 26.7 Å². The van der Waals surface area contributed by atoms with Crippen LogP contribution in [0, 0.1) is 5.92 Å². The SMILES string of the molecule is CC[C@H]1CC(C)COC[C@H](N)C(=O)O1. The van der Waals surface area contributed by atoms with Crippen molar-refractivity contribution < 1.29 is 14.3 Å². The van der Waals surface area contributed by atoms with Crippen molar-refractivity contribution in [1.82, 2.24) is 0 Å². The van der Waals surface area contributed by atoms with E-state index in [1.807, 2.05) is 6.92 Å². The molecule has 0 spiro atoms. The van der Waals surface area contributed by atoms with Gasteiger partial charge >= 0.3 is 5.97 Å². The predicted octanol–water partition coefficient (Wildman–Crippen LogP) is 0.692. The largest absolute Gasteiger partial charge is 0.461 e. The first-order valence-electron chi connectivity index (χ1n) is 5.17. The van der Waals surface area contributed by atoms with Crippen LogP contribution < -0.4 is 5.73 Å². The number of hydrogen-bond donors (Lipinski definition) is 1. The summed E-state index contributed by atoms with van der Waals surface area (Å²) >= 11 is 0. The number of ether oxygens (including phenoxy) is 2. The zero-order valence-corrected chi connectivity index (χ0v) is 8.86. The normalized spacial score (nSPS) is 35.4. The van der Waals surface area contributed by atoms with Gasteiger partial charge in [-0.15, -0.1) is 0 Å². The second-order valence-corrected chi connectivity index (χ2v) is 3.95. The summed E-state index contributed by atoms with van der Waals surface area (Å²) < 4.78 is 10.6. The maximum atomic E-state index is 11.4. The van der Waals surface area contributed by atoms with E-state index >= 15 is 0 Å². The van der Waals surface area contributed by atoms with E-state index in [0.717, 1.165) is 12.8 Å². The molecule has 4 heteroatoms. The molecular formula is C10H19NO3. The fourth-order valence-corrected chi connectivity index (χ4v) is 1.53. The Kier molecular flexibility index (Phi) is 4.35. The van der Waals surface area contributed by atoms with Crippen molar-refractivity contribution in [3.05, 3.63) is 0 Å². The van der Waals surface area contributed by atoms with Gasteiger partial charge in [0.15, 0.2) is 0 Å². The molecule has 1 unspecified atom stereocenters. The average molecular weight is 201 g/mol. The summed E-state index contributed by atoms with van der Waals surface area (Å²) in [6.45, 7) is 5.02. The molecular weight excluding hydrogens is 182 g/mol. The Morgan fingerprint density at radius 3 is 2.86 bits per heavy atom. The summed E-state index contributed by atoms with van der Waals surface area (Å²) in [5, 5.41) is 0. The molecule has 0 amide bonds. The van der Waals surface area contributed by atoms with Crippen molar-refractivity contribution in [2.75, 3.05) is 13.2 Å². The van der Waals surface area contributed by atoms with Crippen molar-refractivity contribution in [2.24, 2.45) is 11.7 Å². The van der Waals surface area contributed by atoms with Gasteiger partial charge in [0.2, 0.25) is 0 Å². The molecule has 1 saturated heterocycles. The molecule has 0 aromatic rings. The molecule has 0 aliphatic carbocycles. The number of carbonyl (C=O) groups is 1. The van der Waals surface area contributed by atoms with E-state index in [4.69, 9.17) is 15.2 Å². The zero-order chi connectivity index (χ0) is 10.6. The molecule has 0 radical (unpaired) electrons. The number of carbonyl (C=O) groups excluding carboxylic acids is 1. The average Bonchev–Trinajstić information content (AvgIpc) is 2.20. The standard InChI is InChI=1S/C10H19NO3/c1-3-8-4-7(2)5-13-6-9(11)10(12)14-8/h7-9H,3-6,11H2,1-2H3/t7?,8-,9-/m0/s1. The predicted molar refractivity (Wildman–Crippen MR) is 52.7 cm³/mol. The fraction of sp³-hybridized carbons (Fsp3) is 0.900. The van der Waals surface area contributed by atoms with Crippen LogP contribution >= 0.6 is 0 Å². The minimum Gasteiger partial charge on any atom is -0.461 e. The Labute approximate surface area is 84.7 Å². The highest BCUT2D eigenvalue weighted by atomic mass is 16.5. The number of esters is 1. The summed E-state index contributed by atoms with van der Waals surface area (Å²) in [7, 11) is 0. The van der Waals surface area contributed by atoms with E-state index < -0.39 is 6.04 Å². The van der Waals surface area contributed by atoms with Gasteiger partial charge in [0.05, 0.1) is 6.61 Å². The number of cyclic esters (lactones) is 1. The van der Waals surface area contributed by atoms with Crippen molar-refractivity contribution in [3.63, 3.8) is 0 Å². The van der Waals surface area contributed by atoms with Crippen LogP contribution in [0.25, 0.3) is 0 Å². The van der Waals surface area contributed by atoms with Crippen molar-refractivity contribution in [2.45, 2.75) is 38.8 Å². The molecule has 1 aliphatic rings. The van der Waals surface area contributed by atoms with E-state index in [-0.39, 0.29) is 18.7 Å². The Hall–Kier alpha value is -0.610. The van der Waals surface area contributed by atoms with Gasteiger partial charge in [0.25, 0.3) is 0 Å². The number of rotatable bonds is 1. The van der Waals surface area contributed by atoms with Crippen molar-refractivity contribution in [1.29, 1.82) is 0 Å². The van der Waals surface area contributed by atoms with Gasteiger partial charge in [-0.05, 0) is 18.8 Å². The summed E-state index contributed by atoms with van der Waals surface area (Å²) in [6.07, 6.45) is 1.68. The third kappa shape index (κ3) is 3.27. The Morgan fingerprint density at radius 2 is 2.21 bits per heavy atom. The van der Waals surface area contributed by atoms with Crippen LogP contribution in [0.5, 0.6) is 0 Å². The Balaban J connectivity index is 2.58. The molecule has 0 aromatic heterocycles. The lowest BCUT2D eigenvalue weighted by atomic mass is 10.0. The summed E-state index contributed by atoms with van der Waals surface area (Å²) in [5.74, 6) is 0.0731. The first-order valence-corrected chi connectivity index (χ1v) is 5.17. The molecule has 1 aliphatic heterocycles. The summed E-state index contributed by atoms with van der Waals surface area (Å²) in [5.41, 5.74) is 5.58. The van der Waals surface area contributed by atoms with Crippen LogP contribution in [0.3, 0.4) is 0 Å². The van der Waals surface area contributed by atoms with E-state index in [0.29, 0.717) is 12.5 Å². The van der Waals surface area contributed by atoms with Gasteiger partial charge in [0.1, 0.15) is 12.1 Å². The lowest BCUT2D eigenvalue weighted by molar-refractivity contribution is -0.151. The van der Waals surface area contributed by atoms with Gasteiger partial charge in [0, 0.05) is 6.61 Å². The van der Waals surface area contributed by atoms with Crippen molar-refractivity contribution >= 4 is 5.97 Å². The molecule has 1 fully saturated rings. The maximum absolute atomic E-state index is 11.4. The molecule has 82 valence electrons. The molecule has 2 N–H and O–H groups in total. The van der Waals surface area contributed by atoms with E-state index in [9.17, 15) is 4.79 Å². The van der Waals surface area contributed by atoms with Crippen LogP contribution in [-0.2, 0) is 14.3 Å². The lowest BCUT2D eigenvalue weighted by Crippen LogP contribution is -2.37. The van der Waals surface area contributed by atoms with E-state index in [2.05, 4.69) is 6.92 Å². The molecule has 4 nitrogen and oxygen atoms in total. The Morgan fingerprint density at radius 1 is 1.50 bits per heavy atom. The maximum Gasteiger partial charge on any atom is 0.325 e. The zero-order valence-electron chi connectivity index (χ0n) is 8.86. The molecule has 14 heavy (non-hydrogen) atoms. The topological polar surface area (TPSA) is 61.5 Å². The van der Waals surface area contributed by atoms with Crippen LogP contribution in [0.2, 0.25) is 0 Å². The second kappa shape index (κ2) is 5.32. The summed E-state index contributed by atoms with van der Waals surface area (Å²) in [4.78, 5) is 11.4. The highest BCUT2D eigenvalue weighted by molar-refractivity contribution is 5.75. The number of hydrogen-bond acceptors (Lipinski definition) is 4. The van der Waals surface area contributed by atoms with Crippen LogP contribution in [-0.4, -0.2) is 31.3 Å². The van der Waals surface area contributed by atoms with Crippen molar-refractivity contribution in [3.8, 4) is 0 Å². The minimum absolute atomic E-state index is 0.00903. The molecule has 0 aromatic carbocycles.